The Morgan fingerprint density at radius 3 is 2.58 bits per heavy atom. The van der Waals surface area contributed by atoms with Gasteiger partial charge >= 0.3 is 0 Å². The Morgan fingerprint density at radius 2 is 1.96 bits per heavy atom. The molecule has 0 bridgehead atoms. The average molecular weight is 368 g/mol. The van der Waals surface area contributed by atoms with E-state index in [4.69, 9.17) is 11.6 Å². The fourth-order valence-electron chi connectivity index (χ4n) is 2.69. The smallest absolute Gasteiger partial charge is 0.225 e. The molecule has 2 aromatic rings. The van der Waals surface area contributed by atoms with Crippen molar-refractivity contribution in [3.8, 4) is 5.69 Å². The highest BCUT2D eigenvalue weighted by Crippen LogP contribution is 2.33. The van der Waals surface area contributed by atoms with E-state index in [0.29, 0.717) is 34.2 Å². The van der Waals surface area contributed by atoms with Gasteiger partial charge in [0.15, 0.2) is 9.84 Å². The maximum Gasteiger partial charge on any atom is 0.225 e. The highest BCUT2D eigenvalue weighted by atomic mass is 35.5. The molecule has 0 fully saturated rings. The third-order valence-corrected chi connectivity index (χ3v) is 5.40. The third kappa shape index (κ3) is 3.47. The maximum absolute atomic E-state index is 12.2. The Morgan fingerprint density at radius 1 is 1.29 bits per heavy atom. The Labute approximate surface area is 145 Å². The van der Waals surface area contributed by atoms with E-state index in [-0.39, 0.29) is 23.3 Å². The van der Waals surface area contributed by atoms with Crippen molar-refractivity contribution in [1.29, 1.82) is 0 Å². The Kier molecular flexibility index (Phi) is 4.40. The molecular formula is C16H18ClN3O3S. The van der Waals surface area contributed by atoms with E-state index in [1.54, 1.807) is 28.9 Å². The van der Waals surface area contributed by atoms with Crippen LogP contribution in [0.5, 0.6) is 0 Å². The molecule has 2 heterocycles. The lowest BCUT2D eigenvalue weighted by atomic mass is 10.1. The zero-order valence-electron chi connectivity index (χ0n) is 13.4. The molecule has 0 aliphatic carbocycles. The van der Waals surface area contributed by atoms with Crippen LogP contribution in [0.25, 0.3) is 5.69 Å². The van der Waals surface area contributed by atoms with E-state index in [2.05, 4.69) is 10.4 Å². The number of nitrogens with zero attached hydrogens (tertiary/aromatic N) is 2. The molecule has 6 nitrogen and oxygen atoms in total. The first kappa shape index (κ1) is 17.0. The predicted molar refractivity (Wildman–Crippen MR) is 93.0 cm³/mol. The van der Waals surface area contributed by atoms with Gasteiger partial charge in [-0.1, -0.05) is 25.4 Å². The number of anilines is 1. The summed E-state index contributed by atoms with van der Waals surface area (Å²) in [7, 11) is -3.20. The van der Waals surface area contributed by atoms with Crippen molar-refractivity contribution in [1.82, 2.24) is 9.78 Å². The number of nitrogens with one attached hydrogen (secondary N) is 1. The zero-order valence-corrected chi connectivity index (χ0v) is 15.0. The molecule has 1 aliphatic rings. The molecule has 128 valence electrons. The van der Waals surface area contributed by atoms with E-state index >= 15 is 0 Å². The molecular weight excluding hydrogens is 350 g/mol. The number of benzene rings is 1. The number of hydrogen-bond donors (Lipinski definition) is 1. The largest absolute Gasteiger partial charge is 0.310 e. The summed E-state index contributed by atoms with van der Waals surface area (Å²) >= 11 is 5.91. The first-order valence-corrected chi connectivity index (χ1v) is 9.82. The minimum absolute atomic E-state index is 0.101. The number of amides is 1. The highest BCUT2D eigenvalue weighted by molar-refractivity contribution is 7.90. The van der Waals surface area contributed by atoms with Gasteiger partial charge in [0.05, 0.1) is 22.9 Å². The van der Waals surface area contributed by atoms with Gasteiger partial charge in [-0.25, -0.2) is 13.1 Å². The van der Waals surface area contributed by atoms with E-state index < -0.39 is 9.84 Å². The standard InChI is InChI=1S/C16H18ClN3O3S/c1-10(2)7-15(21)18-16-13-8-24(22,23)9-14(13)19-20(16)12-5-3-11(17)4-6-12/h3-6,10H,7-9H2,1-2H3,(H,18,21). The van der Waals surface area contributed by atoms with Crippen molar-refractivity contribution in [3.63, 3.8) is 0 Å². The fraction of sp³-hybridized carbons (Fsp3) is 0.375. The van der Waals surface area contributed by atoms with Crippen LogP contribution in [0.4, 0.5) is 5.82 Å². The lowest BCUT2D eigenvalue weighted by Gasteiger charge is -2.12. The molecule has 0 saturated carbocycles. The van der Waals surface area contributed by atoms with Crippen LogP contribution >= 0.6 is 11.6 Å². The molecule has 0 radical (unpaired) electrons. The second kappa shape index (κ2) is 6.22. The molecule has 1 aromatic heterocycles. The Hall–Kier alpha value is -1.86. The van der Waals surface area contributed by atoms with E-state index in [0.717, 1.165) is 0 Å². The van der Waals surface area contributed by atoms with Crippen LogP contribution < -0.4 is 5.32 Å². The summed E-state index contributed by atoms with van der Waals surface area (Å²) in [6.07, 6.45) is 0.354. The highest BCUT2D eigenvalue weighted by Gasteiger charge is 2.33. The summed E-state index contributed by atoms with van der Waals surface area (Å²) in [5.74, 6) is 0.267. The molecule has 0 unspecified atom stereocenters. The molecule has 0 saturated heterocycles. The number of sulfone groups is 1. The number of hydrogen-bond acceptors (Lipinski definition) is 4. The number of fused-ring (bicyclic) bond motifs is 1. The van der Waals surface area contributed by atoms with Crippen molar-refractivity contribution >= 4 is 33.2 Å². The van der Waals surface area contributed by atoms with Crippen molar-refractivity contribution in [2.24, 2.45) is 5.92 Å². The van der Waals surface area contributed by atoms with Crippen LogP contribution in [0.15, 0.2) is 24.3 Å². The van der Waals surface area contributed by atoms with Crippen molar-refractivity contribution < 1.29 is 13.2 Å². The first-order chi connectivity index (χ1) is 11.2. The number of carbonyl (C=O) groups is 1. The molecule has 0 spiro atoms. The Balaban J connectivity index is 2.03. The van der Waals surface area contributed by atoms with Gasteiger partial charge in [0.1, 0.15) is 5.82 Å². The van der Waals surface area contributed by atoms with Gasteiger partial charge < -0.3 is 5.32 Å². The van der Waals surface area contributed by atoms with Gasteiger partial charge in [-0.3, -0.25) is 4.79 Å². The van der Waals surface area contributed by atoms with Crippen molar-refractivity contribution in [2.75, 3.05) is 5.32 Å². The third-order valence-electron chi connectivity index (χ3n) is 3.71. The summed E-state index contributed by atoms with van der Waals surface area (Å²) in [6.45, 7) is 3.90. The monoisotopic (exact) mass is 367 g/mol. The first-order valence-electron chi connectivity index (χ1n) is 7.62. The van der Waals surface area contributed by atoms with Crippen molar-refractivity contribution in [2.45, 2.75) is 31.8 Å². The minimum Gasteiger partial charge on any atom is -0.310 e. The quantitative estimate of drug-likeness (QED) is 0.900. The van der Waals surface area contributed by atoms with Gasteiger partial charge in [-0.05, 0) is 30.2 Å². The van der Waals surface area contributed by atoms with Crippen LogP contribution in [-0.4, -0.2) is 24.1 Å². The van der Waals surface area contributed by atoms with Gasteiger partial charge in [0.25, 0.3) is 0 Å². The van der Waals surface area contributed by atoms with Gasteiger partial charge in [-0.15, -0.1) is 0 Å². The minimum atomic E-state index is -3.20. The SMILES string of the molecule is CC(C)CC(=O)Nc1c2c(nn1-c1ccc(Cl)cc1)CS(=O)(=O)C2. The fourth-order valence-corrected chi connectivity index (χ4v) is 4.31. The molecule has 3 rings (SSSR count). The second-order valence-electron chi connectivity index (χ2n) is 6.34. The van der Waals surface area contributed by atoms with Gasteiger partial charge in [0.2, 0.25) is 5.91 Å². The molecule has 1 amide bonds. The zero-order chi connectivity index (χ0) is 17.5. The number of carbonyl (C=O) groups excluding carboxylic acids is 1. The topological polar surface area (TPSA) is 81.1 Å². The molecule has 1 aromatic carbocycles. The van der Waals surface area contributed by atoms with Crippen LogP contribution in [-0.2, 0) is 26.1 Å². The maximum atomic E-state index is 12.2. The van der Waals surface area contributed by atoms with Gasteiger partial charge in [0, 0.05) is 17.0 Å². The summed E-state index contributed by atoms with van der Waals surface area (Å²) in [4.78, 5) is 12.2. The molecule has 24 heavy (non-hydrogen) atoms. The van der Waals surface area contributed by atoms with E-state index in [9.17, 15) is 13.2 Å². The van der Waals surface area contributed by atoms with Crippen LogP contribution in [0.2, 0.25) is 5.02 Å². The molecule has 8 heteroatoms. The van der Waals surface area contributed by atoms with Crippen LogP contribution in [0.1, 0.15) is 31.5 Å². The van der Waals surface area contributed by atoms with Crippen LogP contribution in [0, 0.1) is 5.92 Å². The van der Waals surface area contributed by atoms with E-state index in [1.807, 2.05) is 13.8 Å². The summed E-state index contributed by atoms with van der Waals surface area (Å²) in [6, 6.07) is 6.99. The summed E-state index contributed by atoms with van der Waals surface area (Å²) in [5, 5.41) is 7.82. The number of halogens is 1. The number of rotatable bonds is 4. The average Bonchev–Trinajstić information content (AvgIpc) is 2.92. The van der Waals surface area contributed by atoms with Gasteiger partial charge in [-0.2, -0.15) is 5.10 Å². The Bertz CT molecular complexity index is 886. The van der Waals surface area contributed by atoms with Crippen molar-refractivity contribution in [3.05, 3.63) is 40.5 Å². The second-order valence-corrected chi connectivity index (χ2v) is 8.84. The normalized spacial score (nSPS) is 15.5. The molecule has 1 N–H and O–H groups in total. The summed E-state index contributed by atoms with van der Waals surface area (Å²) < 4.78 is 25.3. The van der Waals surface area contributed by atoms with E-state index in [1.165, 1.54) is 0 Å². The van der Waals surface area contributed by atoms with Crippen LogP contribution in [0.3, 0.4) is 0 Å². The molecule has 0 atom stereocenters. The lowest BCUT2D eigenvalue weighted by molar-refractivity contribution is -0.116. The molecule has 1 aliphatic heterocycles. The predicted octanol–water partition coefficient (Wildman–Crippen LogP) is 2.94. The number of aromatic nitrogens is 2. The summed E-state index contributed by atoms with van der Waals surface area (Å²) in [5.41, 5.74) is 1.78. The lowest BCUT2D eigenvalue weighted by Crippen LogP contribution is -2.18.